The first kappa shape index (κ1) is 28.7. The summed E-state index contributed by atoms with van der Waals surface area (Å²) in [5.41, 5.74) is 14.6. The Bertz CT molecular complexity index is 1910. The predicted molar refractivity (Wildman–Crippen MR) is 172 cm³/mol. The second-order valence-corrected chi connectivity index (χ2v) is 11.0. The molecule has 3 aromatic heterocycles. The van der Waals surface area contributed by atoms with Gasteiger partial charge in [0.1, 0.15) is 5.78 Å². The SMILES string of the molecule is C=Cc1c(C)c2cc3[nH]c(cc4nc(cc5nc(cc1[nH]2)C(C)=C5CCC(C)=O)C(CCC(=O)O)=C4C)c(C)c3C=C. The first-order chi connectivity index (χ1) is 20.0. The van der Waals surface area contributed by atoms with Gasteiger partial charge in [-0.3, -0.25) is 4.79 Å². The van der Waals surface area contributed by atoms with Gasteiger partial charge in [0.05, 0.1) is 22.8 Å². The Balaban J connectivity index is 1.93. The zero-order chi connectivity index (χ0) is 30.3. The number of carbonyl (C=O) groups is 2. The molecule has 3 N–H and O–H groups in total. The van der Waals surface area contributed by atoms with Gasteiger partial charge in [0, 0.05) is 46.0 Å². The third-order valence-electron chi connectivity index (χ3n) is 8.36. The second kappa shape index (κ2) is 11.2. The van der Waals surface area contributed by atoms with E-state index < -0.39 is 5.97 Å². The number of aliphatic carboxylic acids is 1. The fourth-order valence-electron chi connectivity index (χ4n) is 5.84. The molecular formula is C35H36N4O3. The van der Waals surface area contributed by atoms with E-state index in [0.29, 0.717) is 25.0 Å². The Hall–Kier alpha value is -4.78. The number of rotatable bonds is 8. The molecule has 0 aliphatic carbocycles. The number of hydrogen-bond donors (Lipinski definition) is 3. The highest BCUT2D eigenvalue weighted by atomic mass is 16.4. The molecule has 0 saturated heterocycles. The number of ketones is 1. The number of hydrogen-bond acceptors (Lipinski definition) is 4. The van der Waals surface area contributed by atoms with Gasteiger partial charge in [0.25, 0.3) is 0 Å². The van der Waals surface area contributed by atoms with Crippen LogP contribution in [0.4, 0.5) is 0 Å². The van der Waals surface area contributed by atoms with Crippen LogP contribution in [0.1, 0.15) is 91.5 Å². The van der Waals surface area contributed by atoms with Crippen molar-refractivity contribution in [1.82, 2.24) is 19.9 Å². The third kappa shape index (κ3) is 5.18. The van der Waals surface area contributed by atoms with Crippen LogP contribution in [0.5, 0.6) is 0 Å². The average Bonchev–Trinajstić information content (AvgIpc) is 3.59. The molecule has 0 unspecified atom stereocenters. The molecule has 0 atom stereocenters. The van der Waals surface area contributed by atoms with E-state index in [4.69, 9.17) is 9.97 Å². The van der Waals surface area contributed by atoms with Gasteiger partial charge in [-0.25, -0.2) is 9.97 Å². The lowest BCUT2D eigenvalue weighted by atomic mass is 9.98. The molecule has 0 aromatic carbocycles. The summed E-state index contributed by atoms with van der Waals surface area (Å²) in [5, 5.41) is 9.47. The van der Waals surface area contributed by atoms with Crippen molar-refractivity contribution in [3.8, 4) is 0 Å². The van der Waals surface area contributed by atoms with E-state index in [-0.39, 0.29) is 12.2 Å². The lowest BCUT2D eigenvalue weighted by Gasteiger charge is -2.05. The molecule has 8 bridgehead atoms. The van der Waals surface area contributed by atoms with E-state index in [0.717, 1.165) is 83.7 Å². The van der Waals surface area contributed by atoms with Crippen LogP contribution in [-0.4, -0.2) is 36.8 Å². The van der Waals surface area contributed by atoms with Gasteiger partial charge in [0.15, 0.2) is 0 Å². The molecule has 0 fully saturated rings. The Morgan fingerprint density at radius 3 is 1.64 bits per heavy atom. The van der Waals surface area contributed by atoms with Crippen molar-refractivity contribution in [2.24, 2.45) is 0 Å². The number of aryl methyl sites for hydroxylation is 2. The number of nitrogens with one attached hydrogen (secondary N) is 2. The quantitative estimate of drug-likeness (QED) is 0.256. The van der Waals surface area contributed by atoms with Gasteiger partial charge in [-0.2, -0.15) is 0 Å². The van der Waals surface area contributed by atoms with Crippen LogP contribution in [0, 0.1) is 13.8 Å². The summed E-state index contributed by atoms with van der Waals surface area (Å²) in [7, 11) is 0. The number of H-pyrrole nitrogens is 2. The first-order valence-corrected chi connectivity index (χ1v) is 14.1. The highest BCUT2D eigenvalue weighted by Gasteiger charge is 2.22. The molecule has 0 amide bonds. The zero-order valence-electron chi connectivity index (χ0n) is 24.9. The molecule has 42 heavy (non-hydrogen) atoms. The van der Waals surface area contributed by atoms with Crippen LogP contribution >= 0.6 is 0 Å². The van der Waals surface area contributed by atoms with E-state index in [1.807, 2.05) is 44.2 Å². The van der Waals surface area contributed by atoms with Crippen molar-refractivity contribution in [2.45, 2.75) is 60.3 Å². The first-order valence-electron chi connectivity index (χ1n) is 14.1. The van der Waals surface area contributed by atoms with Crippen LogP contribution in [0.3, 0.4) is 0 Å². The number of aromatic amines is 2. The van der Waals surface area contributed by atoms with Crippen molar-refractivity contribution in [1.29, 1.82) is 0 Å². The maximum Gasteiger partial charge on any atom is 0.303 e. The maximum atomic E-state index is 12.0. The molecule has 7 nitrogen and oxygen atoms in total. The second-order valence-electron chi connectivity index (χ2n) is 11.0. The smallest absolute Gasteiger partial charge is 0.303 e. The number of fused-ring (bicyclic) bond motifs is 8. The molecule has 7 heteroatoms. The van der Waals surface area contributed by atoms with Gasteiger partial charge < -0.3 is 19.9 Å². The van der Waals surface area contributed by atoms with Gasteiger partial charge >= 0.3 is 5.97 Å². The van der Waals surface area contributed by atoms with Crippen molar-refractivity contribution in [2.75, 3.05) is 0 Å². The molecule has 5 heterocycles. The predicted octanol–water partition coefficient (Wildman–Crippen LogP) is 8.31. The zero-order valence-corrected chi connectivity index (χ0v) is 24.9. The molecule has 5 rings (SSSR count). The maximum absolute atomic E-state index is 12.0. The van der Waals surface area contributed by atoms with Gasteiger partial charge in [-0.05, 0) is 105 Å². The Labute approximate surface area is 245 Å². The minimum absolute atomic E-state index is 0.00360. The Kier molecular flexibility index (Phi) is 7.69. The van der Waals surface area contributed by atoms with Gasteiger partial charge in [0.2, 0.25) is 0 Å². The summed E-state index contributed by atoms with van der Waals surface area (Å²) in [5.74, 6) is -0.749. The highest BCUT2D eigenvalue weighted by Crippen LogP contribution is 2.38. The summed E-state index contributed by atoms with van der Waals surface area (Å²) in [4.78, 5) is 40.7. The molecular weight excluding hydrogens is 524 g/mol. The van der Waals surface area contributed by atoms with Crippen LogP contribution in [0.2, 0.25) is 0 Å². The Morgan fingerprint density at radius 2 is 1.17 bits per heavy atom. The number of nitrogens with zero attached hydrogens (tertiary/aromatic N) is 2. The summed E-state index contributed by atoms with van der Waals surface area (Å²) in [6.07, 6.45) is 5.02. The molecule has 2 aliphatic rings. The summed E-state index contributed by atoms with van der Waals surface area (Å²) < 4.78 is 0. The van der Waals surface area contributed by atoms with E-state index >= 15 is 0 Å². The van der Waals surface area contributed by atoms with E-state index in [1.165, 1.54) is 0 Å². The lowest BCUT2D eigenvalue weighted by Crippen LogP contribution is -1.96. The fourth-order valence-corrected chi connectivity index (χ4v) is 5.84. The van der Waals surface area contributed by atoms with Crippen molar-refractivity contribution >= 4 is 68.3 Å². The number of carboxylic acids is 1. The van der Waals surface area contributed by atoms with Crippen LogP contribution in [0.25, 0.3) is 56.5 Å². The number of carbonyl (C=O) groups excluding carboxylic acids is 1. The monoisotopic (exact) mass is 560 g/mol. The van der Waals surface area contributed by atoms with Gasteiger partial charge in [-0.15, -0.1) is 0 Å². The van der Waals surface area contributed by atoms with Crippen molar-refractivity contribution in [3.63, 3.8) is 0 Å². The lowest BCUT2D eigenvalue weighted by molar-refractivity contribution is -0.136. The fraction of sp³-hybridized carbons (Fsp3) is 0.257. The molecule has 3 aromatic rings. The summed E-state index contributed by atoms with van der Waals surface area (Å²) >= 11 is 0. The Morgan fingerprint density at radius 1 is 0.714 bits per heavy atom. The number of allylic oxidation sites excluding steroid dienone is 4. The van der Waals surface area contributed by atoms with E-state index in [2.05, 4.69) is 43.0 Å². The normalized spacial score (nSPS) is 13.1. The molecule has 214 valence electrons. The van der Waals surface area contributed by atoms with E-state index in [9.17, 15) is 14.7 Å². The summed E-state index contributed by atoms with van der Waals surface area (Å²) in [6, 6.07) is 8.09. The van der Waals surface area contributed by atoms with Crippen molar-refractivity contribution in [3.05, 3.63) is 82.5 Å². The van der Waals surface area contributed by atoms with E-state index in [1.54, 1.807) is 6.92 Å². The number of carboxylic acid groups (broad SMARTS) is 1. The standard InChI is InChI=1S/C35H36N4O3/c1-8-23-19(4)27-14-28-22(7)26(12-13-35(41)42)34(38-28)17-33-25(11-10-18(3)40)21(6)30(39-33)16-32-24(9-2)20(5)29(37-32)15-31(23)36-27/h8-9,14-17,36-37H,1-2,10-13H2,3-7H3,(H,41,42). The van der Waals surface area contributed by atoms with Crippen LogP contribution in [0.15, 0.2) is 37.4 Å². The largest absolute Gasteiger partial charge is 0.481 e. The van der Waals surface area contributed by atoms with Crippen molar-refractivity contribution < 1.29 is 14.7 Å². The number of Topliss-reactive ketones (excluding diaryl/α,β-unsaturated/α-hetero) is 1. The summed E-state index contributed by atoms with van der Waals surface area (Å²) in [6.45, 7) is 17.9. The topological polar surface area (TPSA) is 112 Å². The minimum Gasteiger partial charge on any atom is -0.481 e. The molecule has 0 radical (unpaired) electrons. The molecule has 0 spiro atoms. The van der Waals surface area contributed by atoms with Crippen LogP contribution < -0.4 is 0 Å². The van der Waals surface area contributed by atoms with Gasteiger partial charge in [-0.1, -0.05) is 25.3 Å². The molecule has 0 saturated carbocycles. The molecule has 2 aliphatic heterocycles. The number of aromatic nitrogens is 4. The average molecular weight is 561 g/mol. The van der Waals surface area contributed by atoms with Crippen LogP contribution in [-0.2, 0) is 9.59 Å². The highest BCUT2D eigenvalue weighted by molar-refractivity contribution is 5.97. The minimum atomic E-state index is -0.860. The third-order valence-corrected chi connectivity index (χ3v) is 8.36.